The molecule has 3 rings (SSSR count). The second kappa shape index (κ2) is 9.19. The topological polar surface area (TPSA) is 78.7 Å². The van der Waals surface area contributed by atoms with E-state index in [1.54, 1.807) is 12.1 Å². The van der Waals surface area contributed by atoms with Crippen LogP contribution in [0.1, 0.15) is 17.3 Å². The molecule has 1 amide bonds. The molecule has 7 nitrogen and oxygen atoms in total. The average Bonchev–Trinajstić information content (AvgIpc) is 2.69. The first-order valence-corrected chi connectivity index (χ1v) is 9.69. The van der Waals surface area contributed by atoms with Crippen LogP contribution < -0.4 is 10.2 Å². The van der Waals surface area contributed by atoms with Gasteiger partial charge in [-0.15, -0.1) is 0 Å². The van der Waals surface area contributed by atoms with Crippen molar-refractivity contribution in [3.8, 4) is 0 Å². The van der Waals surface area contributed by atoms with E-state index in [1.807, 2.05) is 11.8 Å². The zero-order valence-corrected chi connectivity index (χ0v) is 16.7. The lowest BCUT2D eigenvalue weighted by molar-refractivity contribution is -0.384. The van der Waals surface area contributed by atoms with Crippen molar-refractivity contribution in [3.63, 3.8) is 0 Å². The van der Waals surface area contributed by atoms with Crippen molar-refractivity contribution in [1.82, 2.24) is 10.2 Å². The number of piperazine rings is 1. The number of hydrogen-bond donors (Lipinski definition) is 1. The second-order valence-electron chi connectivity index (χ2n) is 7.04. The van der Waals surface area contributed by atoms with E-state index >= 15 is 0 Å². The number of amides is 1. The van der Waals surface area contributed by atoms with Crippen LogP contribution >= 0.6 is 11.6 Å². The quantitative estimate of drug-likeness (QED) is 0.573. The highest BCUT2D eigenvalue weighted by Crippen LogP contribution is 2.34. The van der Waals surface area contributed by atoms with Crippen LogP contribution in [0, 0.1) is 15.9 Å². The summed E-state index contributed by atoms with van der Waals surface area (Å²) in [5.74, 6) is -0.615. The molecule has 29 heavy (non-hydrogen) atoms. The summed E-state index contributed by atoms with van der Waals surface area (Å²) in [5, 5.41) is 14.2. The van der Waals surface area contributed by atoms with Gasteiger partial charge in [0.15, 0.2) is 0 Å². The normalized spacial score (nSPS) is 15.8. The molecule has 0 saturated carbocycles. The molecule has 2 aromatic rings. The van der Waals surface area contributed by atoms with Crippen LogP contribution in [0.3, 0.4) is 0 Å². The zero-order valence-electron chi connectivity index (χ0n) is 16.0. The fourth-order valence-corrected chi connectivity index (χ4v) is 3.72. The van der Waals surface area contributed by atoms with Gasteiger partial charge in [0.25, 0.3) is 11.6 Å². The molecule has 1 saturated heterocycles. The lowest BCUT2D eigenvalue weighted by Crippen LogP contribution is -2.51. The Morgan fingerprint density at radius 1 is 1.21 bits per heavy atom. The van der Waals surface area contributed by atoms with Gasteiger partial charge < -0.3 is 10.2 Å². The number of hydrogen-bond acceptors (Lipinski definition) is 5. The molecule has 0 aliphatic carbocycles. The summed E-state index contributed by atoms with van der Waals surface area (Å²) in [6.07, 6.45) is 0. The van der Waals surface area contributed by atoms with E-state index in [1.165, 1.54) is 30.3 Å². The van der Waals surface area contributed by atoms with Crippen molar-refractivity contribution in [1.29, 1.82) is 0 Å². The van der Waals surface area contributed by atoms with E-state index in [0.717, 1.165) is 13.1 Å². The number of nitro groups is 1. The van der Waals surface area contributed by atoms with Gasteiger partial charge in [0.2, 0.25) is 0 Å². The minimum absolute atomic E-state index is 0.0829. The van der Waals surface area contributed by atoms with Crippen molar-refractivity contribution in [2.75, 3.05) is 37.6 Å². The first kappa shape index (κ1) is 21.0. The monoisotopic (exact) mass is 420 g/mol. The van der Waals surface area contributed by atoms with Crippen molar-refractivity contribution in [2.45, 2.75) is 13.0 Å². The fourth-order valence-electron chi connectivity index (χ4n) is 3.41. The number of nitrogens with one attached hydrogen (secondary N) is 1. The third-order valence-corrected chi connectivity index (χ3v) is 5.27. The number of carbonyl (C=O) groups is 1. The molecule has 9 heteroatoms. The molecular formula is C20H22ClFN4O3. The number of halogens is 2. The number of benzene rings is 2. The Balaban J connectivity index is 1.52. The Hall–Kier alpha value is -2.71. The molecule has 0 radical (unpaired) electrons. The van der Waals surface area contributed by atoms with Gasteiger partial charge >= 0.3 is 0 Å². The lowest BCUT2D eigenvalue weighted by Gasteiger charge is -2.37. The standard InChI is InChI=1S/C20H22ClFN4O3/c1-14(23-20(27)15-5-7-16(22)8-6-15)13-24-9-11-25(12-10-24)17-3-2-4-18(19(17)21)26(28)29/h2-8,14H,9-13H2,1H3,(H,23,27). The third kappa shape index (κ3) is 5.21. The zero-order chi connectivity index (χ0) is 21.0. The molecule has 0 spiro atoms. The Bertz CT molecular complexity index is 886. The van der Waals surface area contributed by atoms with Gasteiger partial charge in [0.1, 0.15) is 10.8 Å². The molecule has 1 atom stereocenters. The minimum Gasteiger partial charge on any atom is -0.368 e. The molecule has 1 N–H and O–H groups in total. The van der Waals surface area contributed by atoms with Gasteiger partial charge in [-0.25, -0.2) is 4.39 Å². The highest BCUT2D eigenvalue weighted by atomic mass is 35.5. The maximum Gasteiger partial charge on any atom is 0.290 e. The molecule has 0 aromatic heterocycles. The first-order chi connectivity index (χ1) is 13.8. The molecule has 154 valence electrons. The van der Waals surface area contributed by atoms with E-state index in [0.29, 0.717) is 30.9 Å². The molecule has 1 aliphatic heterocycles. The van der Waals surface area contributed by atoms with Crippen LogP contribution in [0.25, 0.3) is 0 Å². The maximum atomic E-state index is 13.0. The number of carbonyl (C=O) groups excluding carboxylic acids is 1. The van der Waals surface area contributed by atoms with Gasteiger partial charge in [-0.05, 0) is 37.3 Å². The van der Waals surface area contributed by atoms with Crippen LogP contribution in [-0.2, 0) is 0 Å². The Morgan fingerprint density at radius 2 is 1.86 bits per heavy atom. The predicted octanol–water partition coefficient (Wildman–Crippen LogP) is 3.33. The molecule has 1 fully saturated rings. The molecule has 0 bridgehead atoms. The molecule has 1 unspecified atom stereocenters. The Morgan fingerprint density at radius 3 is 2.48 bits per heavy atom. The van der Waals surface area contributed by atoms with Gasteiger partial charge in [-0.2, -0.15) is 0 Å². The summed E-state index contributed by atoms with van der Waals surface area (Å²) < 4.78 is 13.0. The van der Waals surface area contributed by atoms with Gasteiger partial charge in [0.05, 0.1) is 10.6 Å². The highest BCUT2D eigenvalue weighted by molar-refractivity contribution is 6.35. The summed E-state index contributed by atoms with van der Waals surface area (Å²) in [7, 11) is 0. The summed E-state index contributed by atoms with van der Waals surface area (Å²) in [4.78, 5) is 27.1. The molecule has 1 aliphatic rings. The van der Waals surface area contributed by atoms with Gasteiger partial charge in [-0.3, -0.25) is 19.8 Å². The van der Waals surface area contributed by atoms with Crippen LogP contribution in [0.4, 0.5) is 15.8 Å². The van der Waals surface area contributed by atoms with Crippen molar-refractivity contribution in [3.05, 3.63) is 69.0 Å². The van der Waals surface area contributed by atoms with Crippen LogP contribution in [0.5, 0.6) is 0 Å². The van der Waals surface area contributed by atoms with Crippen LogP contribution in [0.2, 0.25) is 5.02 Å². The number of nitro benzene ring substituents is 1. The maximum absolute atomic E-state index is 13.0. The van der Waals surface area contributed by atoms with E-state index in [-0.39, 0.29) is 28.5 Å². The number of rotatable bonds is 6. The average molecular weight is 421 g/mol. The SMILES string of the molecule is CC(CN1CCN(c2cccc([N+](=O)[O-])c2Cl)CC1)NC(=O)c1ccc(F)cc1. The highest BCUT2D eigenvalue weighted by Gasteiger charge is 2.24. The number of nitrogens with zero attached hydrogens (tertiary/aromatic N) is 3. The van der Waals surface area contributed by atoms with E-state index in [9.17, 15) is 19.3 Å². The summed E-state index contributed by atoms with van der Waals surface area (Å²) in [6, 6.07) is 10.2. The van der Waals surface area contributed by atoms with Gasteiger partial charge in [-0.1, -0.05) is 17.7 Å². The van der Waals surface area contributed by atoms with Crippen LogP contribution in [-0.4, -0.2) is 54.5 Å². The van der Waals surface area contributed by atoms with Crippen molar-refractivity contribution < 1.29 is 14.1 Å². The van der Waals surface area contributed by atoms with Crippen molar-refractivity contribution >= 4 is 28.9 Å². The predicted molar refractivity (Wildman–Crippen MR) is 110 cm³/mol. The van der Waals surface area contributed by atoms with E-state index in [2.05, 4.69) is 10.2 Å². The fraction of sp³-hybridized carbons (Fsp3) is 0.350. The summed E-state index contributed by atoms with van der Waals surface area (Å²) >= 11 is 6.22. The lowest BCUT2D eigenvalue weighted by atomic mass is 10.2. The number of anilines is 1. The molecular weight excluding hydrogens is 399 g/mol. The molecule has 2 aromatic carbocycles. The summed E-state index contributed by atoms with van der Waals surface area (Å²) in [6.45, 7) is 5.44. The van der Waals surface area contributed by atoms with E-state index in [4.69, 9.17) is 11.6 Å². The third-order valence-electron chi connectivity index (χ3n) is 4.88. The largest absolute Gasteiger partial charge is 0.368 e. The van der Waals surface area contributed by atoms with Crippen LogP contribution in [0.15, 0.2) is 42.5 Å². The Labute approximate surface area is 173 Å². The Kier molecular flexibility index (Phi) is 6.66. The first-order valence-electron chi connectivity index (χ1n) is 9.32. The second-order valence-corrected chi connectivity index (χ2v) is 7.41. The van der Waals surface area contributed by atoms with E-state index < -0.39 is 4.92 Å². The molecule has 1 heterocycles. The van der Waals surface area contributed by atoms with Crippen molar-refractivity contribution in [2.24, 2.45) is 0 Å². The van der Waals surface area contributed by atoms with Gasteiger partial charge in [0, 0.05) is 50.4 Å². The smallest absolute Gasteiger partial charge is 0.290 e. The minimum atomic E-state index is -0.479. The summed E-state index contributed by atoms with van der Waals surface area (Å²) in [5.41, 5.74) is 0.991.